The fourth-order valence-corrected chi connectivity index (χ4v) is 4.22. The highest BCUT2D eigenvalue weighted by molar-refractivity contribution is 7.71. The number of likely N-dealkylation sites (tertiary alicyclic amines) is 1. The highest BCUT2D eigenvalue weighted by Gasteiger charge is 2.41. The zero-order chi connectivity index (χ0) is 21.1. The first-order valence-corrected chi connectivity index (χ1v) is 10.4. The molecule has 3 aromatic rings. The topological polar surface area (TPSA) is 26.0 Å². The Bertz CT molecular complexity index is 1030. The fourth-order valence-electron chi connectivity index (χ4n) is 3.91. The van der Waals surface area contributed by atoms with E-state index in [0.29, 0.717) is 24.2 Å². The average molecular weight is 433 g/mol. The SMILES string of the molecule is FC(F)(F)[C@H]1CCCN(Cn2nc(Cc3ccccc3)n(-c3ccccc3)c2=S)C1. The van der Waals surface area contributed by atoms with Crippen molar-refractivity contribution < 1.29 is 13.2 Å². The smallest absolute Gasteiger partial charge is 0.284 e. The molecule has 1 saturated heterocycles. The minimum atomic E-state index is -4.16. The lowest BCUT2D eigenvalue weighted by Crippen LogP contribution is -2.42. The van der Waals surface area contributed by atoms with Gasteiger partial charge in [0.2, 0.25) is 4.77 Å². The molecule has 0 bridgehead atoms. The van der Waals surface area contributed by atoms with E-state index in [1.54, 1.807) is 9.58 Å². The van der Waals surface area contributed by atoms with Gasteiger partial charge in [0, 0.05) is 18.7 Å². The second-order valence-electron chi connectivity index (χ2n) is 7.63. The molecule has 0 radical (unpaired) electrons. The van der Waals surface area contributed by atoms with Crippen molar-refractivity contribution in [1.29, 1.82) is 0 Å². The van der Waals surface area contributed by atoms with Gasteiger partial charge in [-0.3, -0.25) is 9.47 Å². The first-order chi connectivity index (χ1) is 14.4. The van der Waals surface area contributed by atoms with Crippen molar-refractivity contribution in [3.8, 4) is 5.69 Å². The molecule has 8 heteroatoms. The van der Waals surface area contributed by atoms with Crippen LogP contribution in [0.5, 0.6) is 0 Å². The van der Waals surface area contributed by atoms with E-state index in [0.717, 1.165) is 17.1 Å². The van der Waals surface area contributed by atoms with Crippen LogP contribution >= 0.6 is 12.2 Å². The van der Waals surface area contributed by atoms with Gasteiger partial charge in [-0.15, -0.1) is 0 Å². The Labute approximate surface area is 178 Å². The van der Waals surface area contributed by atoms with Gasteiger partial charge in [0.15, 0.2) is 0 Å². The van der Waals surface area contributed by atoms with Crippen molar-refractivity contribution in [2.75, 3.05) is 13.1 Å². The van der Waals surface area contributed by atoms with Crippen LogP contribution in [0.4, 0.5) is 13.2 Å². The first-order valence-electron chi connectivity index (χ1n) is 9.99. The van der Waals surface area contributed by atoms with Crippen molar-refractivity contribution in [3.63, 3.8) is 0 Å². The Morgan fingerprint density at radius 2 is 1.67 bits per heavy atom. The van der Waals surface area contributed by atoms with Crippen LogP contribution in [-0.2, 0) is 13.1 Å². The number of benzene rings is 2. The number of rotatable bonds is 5. The summed E-state index contributed by atoms with van der Waals surface area (Å²) in [4.78, 5) is 1.80. The summed E-state index contributed by atoms with van der Waals surface area (Å²) in [5.74, 6) is -0.526. The molecule has 1 aliphatic heterocycles. The van der Waals surface area contributed by atoms with Gasteiger partial charge >= 0.3 is 6.18 Å². The van der Waals surface area contributed by atoms with Crippen LogP contribution in [0.1, 0.15) is 24.2 Å². The number of hydrogen-bond acceptors (Lipinski definition) is 3. The molecule has 1 atom stereocenters. The molecule has 0 unspecified atom stereocenters. The van der Waals surface area contributed by atoms with Gasteiger partial charge in [-0.2, -0.15) is 18.3 Å². The number of halogens is 3. The van der Waals surface area contributed by atoms with E-state index in [9.17, 15) is 13.2 Å². The first kappa shape index (κ1) is 20.8. The van der Waals surface area contributed by atoms with Crippen LogP contribution in [0.25, 0.3) is 5.69 Å². The zero-order valence-electron chi connectivity index (χ0n) is 16.4. The number of hydrogen-bond donors (Lipinski definition) is 0. The molecular formula is C22H23F3N4S. The lowest BCUT2D eigenvalue weighted by atomic mass is 9.98. The normalized spacial score (nSPS) is 17.9. The maximum Gasteiger partial charge on any atom is 0.393 e. The third-order valence-electron chi connectivity index (χ3n) is 5.43. The molecule has 1 fully saturated rings. The molecule has 0 aliphatic carbocycles. The molecule has 158 valence electrons. The third kappa shape index (κ3) is 4.65. The summed E-state index contributed by atoms with van der Waals surface area (Å²) in [6.07, 6.45) is -2.88. The van der Waals surface area contributed by atoms with E-state index in [4.69, 9.17) is 17.3 Å². The number of aromatic nitrogens is 3. The summed E-state index contributed by atoms with van der Waals surface area (Å²) in [6, 6.07) is 19.6. The van der Waals surface area contributed by atoms with E-state index in [1.807, 2.05) is 65.2 Å². The van der Waals surface area contributed by atoms with Gasteiger partial charge in [-0.05, 0) is 49.3 Å². The monoisotopic (exact) mass is 432 g/mol. The average Bonchev–Trinajstić information content (AvgIpc) is 3.03. The second-order valence-corrected chi connectivity index (χ2v) is 8.00. The van der Waals surface area contributed by atoms with E-state index in [-0.39, 0.29) is 19.6 Å². The second kappa shape index (κ2) is 8.73. The van der Waals surface area contributed by atoms with Gasteiger partial charge in [-0.25, -0.2) is 4.68 Å². The summed E-state index contributed by atoms with van der Waals surface area (Å²) in [6.45, 7) is 0.852. The molecule has 0 saturated carbocycles. The predicted octanol–water partition coefficient (Wildman–Crippen LogP) is 5.23. The molecule has 0 N–H and O–H groups in total. The molecule has 0 amide bonds. The van der Waals surface area contributed by atoms with Gasteiger partial charge in [-0.1, -0.05) is 48.5 Å². The minimum absolute atomic E-state index is 0.0164. The van der Waals surface area contributed by atoms with Crippen molar-refractivity contribution >= 4 is 12.2 Å². The molecule has 4 nitrogen and oxygen atoms in total. The number of alkyl halides is 3. The zero-order valence-corrected chi connectivity index (χ0v) is 17.2. The van der Waals surface area contributed by atoms with E-state index in [1.165, 1.54) is 0 Å². The van der Waals surface area contributed by atoms with Crippen molar-refractivity contribution in [1.82, 2.24) is 19.2 Å². The van der Waals surface area contributed by atoms with Gasteiger partial charge < -0.3 is 0 Å². The van der Waals surface area contributed by atoms with Crippen LogP contribution in [-0.4, -0.2) is 38.5 Å². The molecule has 1 aromatic heterocycles. The quantitative estimate of drug-likeness (QED) is 0.517. The lowest BCUT2D eigenvalue weighted by Gasteiger charge is -2.33. The maximum absolute atomic E-state index is 13.2. The Morgan fingerprint density at radius 1 is 1.00 bits per heavy atom. The van der Waals surface area contributed by atoms with E-state index in [2.05, 4.69) is 0 Å². The van der Waals surface area contributed by atoms with Crippen LogP contribution in [0.3, 0.4) is 0 Å². The van der Waals surface area contributed by atoms with E-state index < -0.39 is 12.1 Å². The van der Waals surface area contributed by atoms with Crippen molar-refractivity contribution in [2.24, 2.45) is 5.92 Å². The highest BCUT2D eigenvalue weighted by atomic mass is 32.1. The predicted molar refractivity (Wildman–Crippen MR) is 112 cm³/mol. The summed E-state index contributed by atoms with van der Waals surface area (Å²) >= 11 is 5.70. The Kier molecular flexibility index (Phi) is 6.06. The Morgan fingerprint density at radius 3 is 2.33 bits per heavy atom. The van der Waals surface area contributed by atoms with Gasteiger partial charge in [0.05, 0.1) is 12.6 Å². The van der Waals surface area contributed by atoms with E-state index >= 15 is 0 Å². The Hall–Kier alpha value is -2.45. The third-order valence-corrected chi connectivity index (χ3v) is 5.82. The Balaban J connectivity index is 1.65. The number of nitrogens with zero attached hydrogens (tertiary/aromatic N) is 4. The van der Waals surface area contributed by atoms with Crippen molar-refractivity contribution in [2.45, 2.75) is 32.1 Å². The van der Waals surface area contributed by atoms with Gasteiger partial charge in [0.1, 0.15) is 5.82 Å². The molecule has 1 aliphatic rings. The molecule has 4 rings (SSSR count). The van der Waals surface area contributed by atoms with Crippen LogP contribution < -0.4 is 0 Å². The fraction of sp³-hybridized carbons (Fsp3) is 0.364. The summed E-state index contributed by atoms with van der Waals surface area (Å²) < 4.78 is 43.6. The summed E-state index contributed by atoms with van der Waals surface area (Å²) in [5, 5.41) is 4.72. The standard InChI is InChI=1S/C22H23F3N4S/c23-22(24,25)18-10-7-13-27(15-18)16-28-21(30)29(19-11-5-2-6-12-19)20(26-28)14-17-8-3-1-4-9-17/h1-6,8-9,11-12,18H,7,10,13-16H2/t18-/m0/s1. The number of para-hydroxylation sites is 1. The van der Waals surface area contributed by atoms with Crippen LogP contribution in [0, 0.1) is 10.7 Å². The van der Waals surface area contributed by atoms with Gasteiger partial charge in [0.25, 0.3) is 0 Å². The van der Waals surface area contributed by atoms with Crippen molar-refractivity contribution in [3.05, 3.63) is 76.8 Å². The number of piperidine rings is 1. The minimum Gasteiger partial charge on any atom is -0.284 e. The molecule has 0 spiro atoms. The highest BCUT2D eigenvalue weighted by Crippen LogP contribution is 2.33. The lowest BCUT2D eigenvalue weighted by molar-refractivity contribution is -0.188. The molecule has 2 heterocycles. The summed E-state index contributed by atoms with van der Waals surface area (Å²) in [7, 11) is 0. The van der Waals surface area contributed by atoms with Crippen LogP contribution in [0.2, 0.25) is 0 Å². The molecule has 2 aromatic carbocycles. The summed E-state index contributed by atoms with van der Waals surface area (Å²) in [5.41, 5.74) is 1.99. The molecule has 30 heavy (non-hydrogen) atoms. The maximum atomic E-state index is 13.2. The van der Waals surface area contributed by atoms with Crippen LogP contribution in [0.15, 0.2) is 60.7 Å². The largest absolute Gasteiger partial charge is 0.393 e. The molecular weight excluding hydrogens is 409 g/mol.